The van der Waals surface area contributed by atoms with Gasteiger partial charge in [0.05, 0.1) is 11.7 Å². The average molecular weight is 294 g/mol. The van der Waals surface area contributed by atoms with Crippen LogP contribution < -0.4 is 10.8 Å². The summed E-state index contributed by atoms with van der Waals surface area (Å²) in [4.78, 5) is 10.5. The van der Waals surface area contributed by atoms with Crippen LogP contribution in [0.4, 0.5) is 5.69 Å². The van der Waals surface area contributed by atoms with E-state index >= 15 is 0 Å². The molecule has 0 spiro atoms. The van der Waals surface area contributed by atoms with Gasteiger partial charge in [-0.15, -0.1) is 0 Å². The first-order chi connectivity index (χ1) is 5.52. The van der Waals surface area contributed by atoms with Gasteiger partial charge in [0.1, 0.15) is 0 Å². The van der Waals surface area contributed by atoms with Crippen molar-refractivity contribution in [2.24, 2.45) is 0 Å². The molecule has 1 aromatic rings. The molecule has 0 aromatic heterocycles. The molecular formula is C7H4Br2NO2-. The zero-order chi connectivity index (χ0) is 9.30. The van der Waals surface area contributed by atoms with Gasteiger partial charge in [-0.1, -0.05) is 15.9 Å². The van der Waals surface area contributed by atoms with Gasteiger partial charge >= 0.3 is 0 Å². The van der Waals surface area contributed by atoms with Crippen LogP contribution in [-0.4, -0.2) is 5.97 Å². The first-order valence-corrected chi connectivity index (χ1v) is 4.57. The molecular weight excluding hydrogens is 290 g/mol. The number of carboxylic acids is 1. The summed E-state index contributed by atoms with van der Waals surface area (Å²) in [5.41, 5.74) is 5.63. The van der Waals surface area contributed by atoms with Crippen LogP contribution >= 0.6 is 31.9 Å². The number of benzene rings is 1. The molecule has 0 bridgehead atoms. The third kappa shape index (κ3) is 1.78. The standard InChI is InChI=1S/C7H5Br2NO2/c8-3-1-4(7(11)12)6(10)5(9)2-3/h1-2H,10H2,(H,11,12)/p-1. The van der Waals surface area contributed by atoms with Crippen molar-refractivity contribution >= 4 is 43.5 Å². The molecule has 3 nitrogen and oxygen atoms in total. The molecule has 0 fully saturated rings. The highest BCUT2D eigenvalue weighted by molar-refractivity contribution is 9.11. The fraction of sp³-hybridized carbons (Fsp3) is 0. The van der Waals surface area contributed by atoms with Crippen LogP contribution in [0.1, 0.15) is 10.4 Å². The molecule has 2 N–H and O–H groups in total. The Morgan fingerprint density at radius 2 is 2.00 bits per heavy atom. The van der Waals surface area contributed by atoms with Crippen LogP contribution in [0.5, 0.6) is 0 Å². The second kappa shape index (κ2) is 3.45. The highest BCUT2D eigenvalue weighted by Crippen LogP contribution is 2.27. The van der Waals surface area contributed by atoms with Gasteiger partial charge in [0.25, 0.3) is 0 Å². The molecule has 0 aliphatic rings. The quantitative estimate of drug-likeness (QED) is 0.790. The van der Waals surface area contributed by atoms with Crippen molar-refractivity contribution in [2.75, 3.05) is 5.73 Å². The average Bonchev–Trinajstić information content (AvgIpc) is 1.96. The molecule has 0 radical (unpaired) electrons. The Labute approximate surface area is 85.8 Å². The molecule has 5 heteroatoms. The summed E-state index contributed by atoms with van der Waals surface area (Å²) in [7, 11) is 0. The van der Waals surface area contributed by atoms with Gasteiger partial charge < -0.3 is 15.6 Å². The van der Waals surface area contributed by atoms with Crippen LogP contribution in [0.2, 0.25) is 0 Å². The number of nitrogens with two attached hydrogens (primary N) is 1. The molecule has 64 valence electrons. The third-order valence-electron chi connectivity index (χ3n) is 1.31. The summed E-state index contributed by atoms with van der Waals surface area (Å²) < 4.78 is 1.18. The van der Waals surface area contributed by atoms with E-state index < -0.39 is 5.97 Å². The van der Waals surface area contributed by atoms with Crippen molar-refractivity contribution in [3.8, 4) is 0 Å². The van der Waals surface area contributed by atoms with Crippen LogP contribution in [0.25, 0.3) is 0 Å². The van der Waals surface area contributed by atoms with Gasteiger partial charge in [-0.3, -0.25) is 0 Å². The van der Waals surface area contributed by atoms with Crippen molar-refractivity contribution in [3.63, 3.8) is 0 Å². The Kier molecular flexibility index (Phi) is 2.74. The fourth-order valence-corrected chi connectivity index (χ4v) is 1.98. The van der Waals surface area contributed by atoms with Crippen LogP contribution in [0, 0.1) is 0 Å². The maximum Gasteiger partial charge on any atom is 0.0736 e. The van der Waals surface area contributed by atoms with Crippen LogP contribution in [-0.2, 0) is 0 Å². The number of halogens is 2. The summed E-state index contributed by atoms with van der Waals surface area (Å²) in [6, 6.07) is 3.07. The van der Waals surface area contributed by atoms with Crippen LogP contribution in [0.15, 0.2) is 21.1 Å². The molecule has 1 rings (SSSR count). The van der Waals surface area contributed by atoms with Crippen LogP contribution in [0.3, 0.4) is 0 Å². The van der Waals surface area contributed by atoms with E-state index in [9.17, 15) is 9.90 Å². The number of aromatic carboxylic acids is 1. The highest BCUT2D eigenvalue weighted by Gasteiger charge is 2.05. The number of hydrogen-bond acceptors (Lipinski definition) is 3. The number of hydrogen-bond donors (Lipinski definition) is 1. The van der Waals surface area contributed by atoms with Crippen molar-refractivity contribution in [2.45, 2.75) is 0 Å². The van der Waals surface area contributed by atoms with Gasteiger partial charge in [-0.2, -0.15) is 0 Å². The molecule has 0 aliphatic heterocycles. The summed E-state index contributed by atoms with van der Waals surface area (Å²) in [6.45, 7) is 0. The SMILES string of the molecule is Nc1c(Br)cc(Br)cc1C(=O)[O-]. The zero-order valence-electron chi connectivity index (χ0n) is 5.80. The Bertz CT molecular complexity index is 338. The van der Waals surface area contributed by atoms with Crippen molar-refractivity contribution < 1.29 is 9.90 Å². The van der Waals surface area contributed by atoms with Gasteiger partial charge in [-0.25, -0.2) is 0 Å². The zero-order valence-corrected chi connectivity index (χ0v) is 8.98. The summed E-state index contributed by atoms with van der Waals surface area (Å²) >= 11 is 6.26. The molecule has 12 heavy (non-hydrogen) atoms. The van der Waals surface area contributed by atoms with Gasteiger partial charge in [0.2, 0.25) is 0 Å². The Hall–Kier alpha value is -0.550. The van der Waals surface area contributed by atoms with Crippen molar-refractivity contribution in [3.05, 3.63) is 26.6 Å². The number of nitrogen functional groups attached to an aromatic ring is 1. The predicted octanol–water partition coefficient (Wildman–Crippen LogP) is 1.16. The lowest BCUT2D eigenvalue weighted by atomic mass is 10.2. The summed E-state index contributed by atoms with van der Waals surface area (Å²) in [6.07, 6.45) is 0. The van der Waals surface area contributed by atoms with E-state index in [2.05, 4.69) is 31.9 Å². The second-order valence-corrected chi connectivity index (χ2v) is 3.91. The van der Waals surface area contributed by atoms with Gasteiger partial charge in [-0.05, 0) is 28.1 Å². The van der Waals surface area contributed by atoms with E-state index in [0.717, 1.165) is 0 Å². The topological polar surface area (TPSA) is 66.2 Å². The number of carbonyl (C=O) groups is 1. The molecule has 0 amide bonds. The van der Waals surface area contributed by atoms with Crippen molar-refractivity contribution in [1.29, 1.82) is 0 Å². The highest BCUT2D eigenvalue weighted by atomic mass is 79.9. The summed E-state index contributed by atoms with van der Waals surface area (Å²) in [5.74, 6) is -1.28. The van der Waals surface area contributed by atoms with E-state index in [1.807, 2.05) is 0 Å². The summed E-state index contributed by atoms with van der Waals surface area (Å²) in [5, 5.41) is 10.5. The number of rotatable bonds is 1. The lowest BCUT2D eigenvalue weighted by Gasteiger charge is -2.08. The largest absolute Gasteiger partial charge is 0.545 e. The maximum absolute atomic E-state index is 10.5. The van der Waals surface area contributed by atoms with Gasteiger partial charge in [0, 0.05) is 14.5 Å². The monoisotopic (exact) mass is 292 g/mol. The first-order valence-electron chi connectivity index (χ1n) is 2.98. The minimum Gasteiger partial charge on any atom is -0.545 e. The maximum atomic E-state index is 10.5. The minimum absolute atomic E-state index is 0.0174. The first kappa shape index (κ1) is 9.54. The number of carboxylic acid groups (broad SMARTS) is 1. The Balaban J connectivity index is 3.37. The van der Waals surface area contributed by atoms with E-state index in [1.54, 1.807) is 6.07 Å². The Morgan fingerprint density at radius 3 is 2.50 bits per heavy atom. The lowest BCUT2D eigenvalue weighted by molar-refractivity contribution is -0.254. The van der Waals surface area contributed by atoms with Crippen molar-refractivity contribution in [1.82, 2.24) is 0 Å². The Morgan fingerprint density at radius 1 is 1.42 bits per heavy atom. The van der Waals surface area contributed by atoms with Gasteiger partial charge in [0.15, 0.2) is 0 Å². The third-order valence-corrected chi connectivity index (χ3v) is 2.43. The van der Waals surface area contributed by atoms with E-state index in [1.165, 1.54) is 6.07 Å². The minimum atomic E-state index is -1.28. The molecule has 0 atom stereocenters. The van der Waals surface area contributed by atoms with E-state index in [4.69, 9.17) is 5.73 Å². The molecule has 0 aliphatic carbocycles. The predicted molar refractivity (Wildman–Crippen MR) is 50.6 cm³/mol. The molecule has 0 unspecified atom stereocenters. The molecule has 0 saturated carbocycles. The molecule has 0 saturated heterocycles. The normalized spacial score (nSPS) is 9.83. The second-order valence-electron chi connectivity index (χ2n) is 2.14. The number of anilines is 1. The molecule has 1 aromatic carbocycles. The lowest BCUT2D eigenvalue weighted by Crippen LogP contribution is -2.23. The van der Waals surface area contributed by atoms with E-state index in [-0.39, 0.29) is 11.3 Å². The van der Waals surface area contributed by atoms with E-state index in [0.29, 0.717) is 8.95 Å². The fourth-order valence-electron chi connectivity index (χ4n) is 0.754. The number of carbonyl (C=O) groups excluding carboxylic acids is 1. The smallest absolute Gasteiger partial charge is 0.0736 e. The molecule has 0 heterocycles.